The van der Waals surface area contributed by atoms with Gasteiger partial charge in [0.25, 0.3) is 5.91 Å². The van der Waals surface area contributed by atoms with Crippen molar-refractivity contribution < 1.29 is 13.9 Å². The molecule has 1 saturated carbocycles. The van der Waals surface area contributed by atoms with Crippen LogP contribution in [0.15, 0.2) is 51.8 Å². The molecule has 1 unspecified atom stereocenters. The van der Waals surface area contributed by atoms with Gasteiger partial charge in [0.15, 0.2) is 6.30 Å². The Labute approximate surface area is 170 Å². The molecule has 1 fully saturated rings. The Balaban J connectivity index is 1.61. The van der Waals surface area contributed by atoms with E-state index in [0.717, 1.165) is 30.4 Å². The maximum absolute atomic E-state index is 13.1. The van der Waals surface area contributed by atoms with Crippen LogP contribution in [0, 0.1) is 11.3 Å². The van der Waals surface area contributed by atoms with E-state index >= 15 is 0 Å². The van der Waals surface area contributed by atoms with E-state index in [4.69, 9.17) is 15.9 Å². The number of dihydropyridines is 2. The Morgan fingerprint density at radius 2 is 2.21 bits per heavy atom. The highest BCUT2D eigenvalue weighted by Gasteiger charge is 2.33. The number of nitrogens with one attached hydrogen (secondary N) is 3. The van der Waals surface area contributed by atoms with E-state index in [9.17, 15) is 9.18 Å². The largest absolute Gasteiger partial charge is 0.474 e. The smallest absolute Gasteiger partial charge is 0.256 e. The second-order valence-electron chi connectivity index (χ2n) is 7.67. The lowest BCUT2D eigenvalue weighted by atomic mass is 9.78. The number of nitrogens with zero attached hydrogens (tertiary/aromatic N) is 1. The van der Waals surface area contributed by atoms with Crippen molar-refractivity contribution in [1.29, 1.82) is 5.41 Å². The topological polar surface area (TPSA) is 113 Å². The van der Waals surface area contributed by atoms with E-state index in [-0.39, 0.29) is 24.0 Å². The molecular formula is C21H28FN5O2. The van der Waals surface area contributed by atoms with E-state index in [1.54, 1.807) is 24.4 Å². The SMILES string of the molecule is CN[C@@H](C)CC1CC(OC(=N)/C(C(N)=O)=C2/C=CC(C3=CCC(F)N=C3)=CN2)C1. The number of nitrogens with two attached hydrogens (primary N) is 1. The zero-order valence-corrected chi connectivity index (χ0v) is 16.7. The van der Waals surface area contributed by atoms with Gasteiger partial charge in [-0.15, -0.1) is 0 Å². The van der Waals surface area contributed by atoms with Crippen molar-refractivity contribution in [3.63, 3.8) is 0 Å². The van der Waals surface area contributed by atoms with Crippen molar-refractivity contribution in [1.82, 2.24) is 10.6 Å². The predicted octanol–water partition coefficient (Wildman–Crippen LogP) is 2.24. The molecule has 7 nitrogen and oxygen atoms in total. The minimum atomic E-state index is -1.19. The first kappa shape index (κ1) is 21.0. The zero-order chi connectivity index (χ0) is 21.0. The van der Waals surface area contributed by atoms with Gasteiger partial charge in [-0.2, -0.15) is 0 Å². The molecule has 2 aliphatic heterocycles. The fourth-order valence-corrected chi connectivity index (χ4v) is 3.62. The van der Waals surface area contributed by atoms with Crippen LogP contribution in [0.4, 0.5) is 4.39 Å². The Morgan fingerprint density at radius 1 is 1.45 bits per heavy atom. The lowest BCUT2D eigenvalue weighted by molar-refractivity contribution is -0.114. The molecule has 0 spiro atoms. The summed E-state index contributed by atoms with van der Waals surface area (Å²) in [5.41, 5.74) is 7.53. The highest BCUT2D eigenvalue weighted by atomic mass is 19.1. The standard InChI is InChI=1S/C21H28FN5O2/c1-12(25-2)7-13-8-16(9-13)29-21(24)19(20(23)28)17-5-3-14(10-26-17)15-4-6-18(22)27-11-15/h3-5,10-13,16,18,24-26H,6-9H2,1-2H3,(H2,23,28)/b19-17-,24-21?/t12-,13?,16?,18?/m0/s1. The summed E-state index contributed by atoms with van der Waals surface area (Å²) in [7, 11) is 1.94. The summed E-state index contributed by atoms with van der Waals surface area (Å²) in [5.74, 6) is -0.379. The van der Waals surface area contributed by atoms with Gasteiger partial charge in [0.1, 0.15) is 11.7 Å². The van der Waals surface area contributed by atoms with Crippen LogP contribution in [-0.4, -0.2) is 43.5 Å². The lowest BCUT2D eigenvalue weighted by Gasteiger charge is -2.36. The molecule has 5 N–H and O–H groups in total. The fraction of sp³-hybridized carbons (Fsp3) is 0.476. The van der Waals surface area contributed by atoms with Crippen molar-refractivity contribution >= 4 is 18.0 Å². The third-order valence-corrected chi connectivity index (χ3v) is 5.45. The van der Waals surface area contributed by atoms with Crippen molar-refractivity contribution in [2.45, 2.75) is 51.0 Å². The van der Waals surface area contributed by atoms with Crippen LogP contribution in [0.5, 0.6) is 0 Å². The monoisotopic (exact) mass is 401 g/mol. The predicted molar refractivity (Wildman–Crippen MR) is 111 cm³/mol. The molecule has 8 heteroatoms. The molecule has 1 aliphatic carbocycles. The molecule has 0 radical (unpaired) electrons. The molecule has 2 heterocycles. The van der Waals surface area contributed by atoms with Crippen molar-refractivity contribution in [2.24, 2.45) is 16.6 Å². The first-order valence-electron chi connectivity index (χ1n) is 9.86. The van der Waals surface area contributed by atoms with Crippen LogP contribution >= 0.6 is 0 Å². The number of alkyl halides is 1. The number of ether oxygens (including phenoxy) is 1. The number of hydrogen-bond donors (Lipinski definition) is 4. The maximum atomic E-state index is 13.1. The fourth-order valence-electron chi connectivity index (χ4n) is 3.62. The van der Waals surface area contributed by atoms with Crippen LogP contribution in [0.2, 0.25) is 0 Å². The summed E-state index contributed by atoms with van der Waals surface area (Å²) < 4.78 is 18.8. The summed E-state index contributed by atoms with van der Waals surface area (Å²) in [4.78, 5) is 15.7. The van der Waals surface area contributed by atoms with E-state index in [1.807, 2.05) is 7.05 Å². The highest BCUT2D eigenvalue weighted by molar-refractivity contribution is 6.17. The molecular weight excluding hydrogens is 373 g/mol. The molecule has 3 aliphatic rings. The Bertz CT molecular complexity index is 821. The van der Waals surface area contributed by atoms with Crippen molar-refractivity contribution in [3.8, 4) is 0 Å². The Morgan fingerprint density at radius 3 is 2.76 bits per heavy atom. The molecule has 0 aromatic heterocycles. The number of carbonyl (C=O) groups is 1. The third-order valence-electron chi connectivity index (χ3n) is 5.45. The Kier molecular flexibility index (Phi) is 6.64. The van der Waals surface area contributed by atoms with Gasteiger partial charge in [-0.1, -0.05) is 12.2 Å². The van der Waals surface area contributed by atoms with Crippen LogP contribution in [-0.2, 0) is 9.53 Å². The van der Waals surface area contributed by atoms with Gasteiger partial charge in [-0.3, -0.25) is 15.2 Å². The highest BCUT2D eigenvalue weighted by Crippen LogP contribution is 2.34. The molecule has 0 aromatic rings. The molecule has 2 atom stereocenters. The van der Waals surface area contributed by atoms with Gasteiger partial charge in [0.05, 0.1) is 5.70 Å². The average molecular weight is 401 g/mol. The molecule has 156 valence electrons. The molecule has 1 amide bonds. The van der Waals surface area contributed by atoms with Gasteiger partial charge in [-0.05, 0) is 56.4 Å². The van der Waals surface area contributed by atoms with Gasteiger partial charge in [-0.25, -0.2) is 4.39 Å². The minimum Gasteiger partial charge on any atom is -0.474 e. The maximum Gasteiger partial charge on any atom is 0.256 e. The van der Waals surface area contributed by atoms with Crippen molar-refractivity contribution in [3.05, 3.63) is 46.8 Å². The van der Waals surface area contributed by atoms with Gasteiger partial charge in [0.2, 0.25) is 5.90 Å². The number of rotatable bonds is 7. The number of halogens is 1. The average Bonchev–Trinajstić information content (AvgIpc) is 2.67. The summed E-state index contributed by atoms with van der Waals surface area (Å²) in [6.45, 7) is 2.14. The minimum absolute atomic E-state index is 0.0127. The number of amides is 1. The summed E-state index contributed by atoms with van der Waals surface area (Å²) in [5, 5.41) is 14.4. The van der Waals surface area contributed by atoms with Crippen molar-refractivity contribution in [2.75, 3.05) is 7.05 Å². The summed E-state index contributed by atoms with van der Waals surface area (Å²) in [6, 6.07) is 0.446. The lowest BCUT2D eigenvalue weighted by Crippen LogP contribution is -2.38. The van der Waals surface area contributed by atoms with Crippen LogP contribution in [0.25, 0.3) is 0 Å². The van der Waals surface area contributed by atoms with Gasteiger partial charge >= 0.3 is 0 Å². The Hall–Kier alpha value is -2.74. The quantitative estimate of drug-likeness (QED) is 0.227. The van der Waals surface area contributed by atoms with E-state index in [2.05, 4.69) is 22.5 Å². The molecule has 29 heavy (non-hydrogen) atoms. The van der Waals surface area contributed by atoms with E-state index in [1.165, 1.54) is 6.21 Å². The molecule has 0 bridgehead atoms. The second kappa shape index (κ2) is 9.17. The van der Waals surface area contributed by atoms with Crippen LogP contribution < -0.4 is 16.4 Å². The van der Waals surface area contributed by atoms with E-state index in [0.29, 0.717) is 17.7 Å². The normalized spacial score (nSPS) is 28.4. The van der Waals surface area contributed by atoms with Gasteiger partial charge in [0, 0.05) is 24.9 Å². The number of hydrogen-bond acceptors (Lipinski definition) is 6. The zero-order valence-electron chi connectivity index (χ0n) is 16.7. The molecule has 0 aromatic carbocycles. The van der Waals surface area contributed by atoms with Crippen LogP contribution in [0.3, 0.4) is 0 Å². The number of primary amides is 1. The number of allylic oxidation sites excluding steroid dienone is 4. The number of aliphatic imine (C=N–C) groups is 1. The first-order chi connectivity index (χ1) is 13.9. The third kappa shape index (κ3) is 5.20. The first-order valence-corrected chi connectivity index (χ1v) is 9.86. The molecule has 3 rings (SSSR count). The van der Waals surface area contributed by atoms with Crippen LogP contribution in [0.1, 0.15) is 32.6 Å². The number of carbonyl (C=O) groups excluding carboxylic acids is 1. The summed E-state index contributed by atoms with van der Waals surface area (Å²) >= 11 is 0. The molecule has 0 saturated heterocycles. The summed E-state index contributed by atoms with van der Waals surface area (Å²) in [6.07, 6.45) is 10.2. The van der Waals surface area contributed by atoms with E-state index < -0.39 is 12.2 Å². The second-order valence-corrected chi connectivity index (χ2v) is 7.67. The van der Waals surface area contributed by atoms with Gasteiger partial charge < -0.3 is 21.1 Å².